The van der Waals surface area contributed by atoms with Crippen LogP contribution in [0.1, 0.15) is 33.1 Å². The van der Waals surface area contributed by atoms with Gasteiger partial charge in [0.05, 0.1) is 25.0 Å². The molecule has 1 rings (SSSR count). The zero-order valence-electron chi connectivity index (χ0n) is 12.3. The van der Waals surface area contributed by atoms with Crippen molar-refractivity contribution in [1.82, 2.24) is 4.90 Å². The van der Waals surface area contributed by atoms with Crippen LogP contribution in [0.15, 0.2) is 0 Å². The summed E-state index contributed by atoms with van der Waals surface area (Å²) in [5.74, 6) is -0.181. The highest BCUT2D eigenvalue weighted by Gasteiger charge is 2.34. The molecule has 116 valence electrons. The Morgan fingerprint density at radius 2 is 2.00 bits per heavy atom. The van der Waals surface area contributed by atoms with Crippen molar-refractivity contribution in [3.63, 3.8) is 0 Å². The Balaban J connectivity index is 2.73. The maximum absolute atomic E-state index is 12.2. The minimum absolute atomic E-state index is 0.00198. The Morgan fingerprint density at radius 3 is 2.45 bits per heavy atom. The van der Waals surface area contributed by atoms with E-state index >= 15 is 0 Å². The molecule has 0 aromatic rings. The van der Waals surface area contributed by atoms with Crippen LogP contribution >= 0.6 is 0 Å². The standard InChI is InChI=1S/C13H23NO5S/c1-10(2)8-12(15)14(6-4-13(16)19-3)11-5-7-20(17,18)9-11/h10-11H,4-9H2,1-3H3. The summed E-state index contributed by atoms with van der Waals surface area (Å²) in [6.07, 6.45) is 0.905. The second kappa shape index (κ2) is 7.06. The fourth-order valence-corrected chi connectivity index (χ4v) is 4.04. The Morgan fingerprint density at radius 1 is 1.35 bits per heavy atom. The first-order valence-electron chi connectivity index (χ1n) is 6.82. The third-order valence-electron chi connectivity index (χ3n) is 3.34. The van der Waals surface area contributed by atoms with Gasteiger partial charge in [0, 0.05) is 19.0 Å². The molecule has 1 aliphatic heterocycles. The fourth-order valence-electron chi connectivity index (χ4n) is 2.31. The first-order chi connectivity index (χ1) is 9.25. The second-order valence-corrected chi connectivity index (χ2v) is 7.80. The van der Waals surface area contributed by atoms with Crippen LogP contribution in [0.25, 0.3) is 0 Å². The molecule has 7 heteroatoms. The molecule has 0 aromatic heterocycles. The molecule has 1 amide bonds. The van der Waals surface area contributed by atoms with Crippen molar-refractivity contribution in [3.05, 3.63) is 0 Å². The van der Waals surface area contributed by atoms with Crippen LogP contribution in [0.2, 0.25) is 0 Å². The molecule has 0 aromatic carbocycles. The summed E-state index contributed by atoms with van der Waals surface area (Å²) < 4.78 is 27.7. The van der Waals surface area contributed by atoms with Crippen molar-refractivity contribution < 1.29 is 22.7 Å². The number of ether oxygens (including phenoxy) is 1. The minimum Gasteiger partial charge on any atom is -0.469 e. The molecule has 1 unspecified atom stereocenters. The quantitative estimate of drug-likeness (QED) is 0.672. The van der Waals surface area contributed by atoms with Gasteiger partial charge in [-0.1, -0.05) is 13.8 Å². The summed E-state index contributed by atoms with van der Waals surface area (Å²) in [7, 11) is -1.76. The number of nitrogens with zero attached hydrogens (tertiary/aromatic N) is 1. The zero-order valence-corrected chi connectivity index (χ0v) is 13.1. The summed E-state index contributed by atoms with van der Waals surface area (Å²) in [5, 5.41) is 0. The molecule has 0 aliphatic carbocycles. The number of hydrogen-bond acceptors (Lipinski definition) is 5. The van der Waals surface area contributed by atoms with Gasteiger partial charge in [-0.2, -0.15) is 0 Å². The van der Waals surface area contributed by atoms with Crippen LogP contribution in [0.4, 0.5) is 0 Å². The van der Waals surface area contributed by atoms with Crippen LogP contribution in [0.3, 0.4) is 0 Å². The van der Waals surface area contributed by atoms with Gasteiger partial charge in [-0.25, -0.2) is 8.42 Å². The molecule has 0 spiro atoms. The molecule has 1 aliphatic rings. The number of rotatable bonds is 6. The fraction of sp³-hybridized carbons (Fsp3) is 0.846. The Bertz CT molecular complexity index is 457. The number of amides is 1. The molecule has 0 radical (unpaired) electrons. The van der Waals surface area contributed by atoms with Gasteiger partial charge in [0.15, 0.2) is 9.84 Å². The van der Waals surface area contributed by atoms with E-state index < -0.39 is 15.8 Å². The summed E-state index contributed by atoms with van der Waals surface area (Å²) in [4.78, 5) is 25.0. The van der Waals surface area contributed by atoms with Crippen molar-refractivity contribution in [3.8, 4) is 0 Å². The van der Waals surface area contributed by atoms with E-state index in [0.29, 0.717) is 12.8 Å². The second-order valence-electron chi connectivity index (χ2n) is 5.57. The molecular formula is C13H23NO5S. The van der Waals surface area contributed by atoms with E-state index in [2.05, 4.69) is 4.74 Å². The predicted octanol–water partition coefficient (Wildman–Crippen LogP) is 0.611. The monoisotopic (exact) mass is 305 g/mol. The van der Waals surface area contributed by atoms with Crippen LogP contribution in [0, 0.1) is 5.92 Å². The van der Waals surface area contributed by atoms with E-state index in [9.17, 15) is 18.0 Å². The summed E-state index contributed by atoms with van der Waals surface area (Å²) in [6.45, 7) is 4.09. The first-order valence-corrected chi connectivity index (χ1v) is 8.64. The Hall–Kier alpha value is -1.11. The molecule has 20 heavy (non-hydrogen) atoms. The summed E-state index contributed by atoms with van der Waals surface area (Å²) >= 11 is 0. The number of esters is 1. The largest absolute Gasteiger partial charge is 0.469 e. The number of sulfone groups is 1. The van der Waals surface area contributed by atoms with Crippen LogP contribution in [-0.4, -0.2) is 56.4 Å². The third kappa shape index (κ3) is 5.11. The highest BCUT2D eigenvalue weighted by Crippen LogP contribution is 2.20. The SMILES string of the molecule is COC(=O)CCN(C(=O)CC(C)C)C1CCS(=O)(=O)C1. The van der Waals surface area contributed by atoms with Gasteiger partial charge in [-0.15, -0.1) is 0 Å². The number of hydrogen-bond donors (Lipinski definition) is 0. The van der Waals surface area contributed by atoms with Crippen molar-refractivity contribution in [2.45, 2.75) is 39.2 Å². The van der Waals surface area contributed by atoms with Gasteiger partial charge in [-0.05, 0) is 12.3 Å². The van der Waals surface area contributed by atoms with Crippen molar-refractivity contribution in [1.29, 1.82) is 0 Å². The average molecular weight is 305 g/mol. The van der Waals surface area contributed by atoms with E-state index in [1.165, 1.54) is 7.11 Å². The smallest absolute Gasteiger partial charge is 0.307 e. The molecule has 1 fully saturated rings. The van der Waals surface area contributed by atoms with Crippen molar-refractivity contribution in [2.75, 3.05) is 25.2 Å². The minimum atomic E-state index is -3.06. The number of methoxy groups -OCH3 is 1. The summed E-state index contributed by atoms with van der Waals surface area (Å²) in [6, 6.07) is -0.309. The van der Waals surface area contributed by atoms with Gasteiger partial charge in [0.25, 0.3) is 0 Å². The van der Waals surface area contributed by atoms with Gasteiger partial charge < -0.3 is 9.64 Å². The maximum Gasteiger partial charge on any atom is 0.307 e. The molecule has 0 saturated carbocycles. The Kier molecular flexibility index (Phi) is 5.98. The Labute approximate surface area is 120 Å². The molecule has 1 heterocycles. The van der Waals surface area contributed by atoms with Crippen molar-refractivity contribution in [2.24, 2.45) is 5.92 Å². The average Bonchev–Trinajstić information content (AvgIpc) is 2.68. The first kappa shape index (κ1) is 16.9. The molecule has 1 saturated heterocycles. The third-order valence-corrected chi connectivity index (χ3v) is 5.09. The lowest BCUT2D eigenvalue weighted by Gasteiger charge is -2.28. The lowest BCUT2D eigenvalue weighted by atomic mass is 10.1. The van der Waals surface area contributed by atoms with E-state index in [1.54, 1.807) is 4.90 Å². The molecule has 6 nitrogen and oxygen atoms in total. The normalized spacial score (nSPS) is 20.9. The highest BCUT2D eigenvalue weighted by molar-refractivity contribution is 7.91. The molecule has 0 N–H and O–H groups in total. The van der Waals surface area contributed by atoms with Crippen LogP contribution in [-0.2, 0) is 24.2 Å². The zero-order chi connectivity index (χ0) is 15.3. The highest BCUT2D eigenvalue weighted by atomic mass is 32.2. The predicted molar refractivity (Wildman–Crippen MR) is 74.9 cm³/mol. The van der Waals surface area contributed by atoms with E-state index in [4.69, 9.17) is 0 Å². The molecule has 0 bridgehead atoms. The lowest BCUT2D eigenvalue weighted by Crippen LogP contribution is -2.42. The van der Waals surface area contributed by atoms with E-state index in [0.717, 1.165) is 0 Å². The van der Waals surface area contributed by atoms with Gasteiger partial charge in [0.2, 0.25) is 5.91 Å². The lowest BCUT2D eigenvalue weighted by molar-refractivity contribution is -0.142. The molecular weight excluding hydrogens is 282 g/mol. The topological polar surface area (TPSA) is 80.8 Å². The maximum atomic E-state index is 12.2. The van der Waals surface area contributed by atoms with E-state index in [-0.39, 0.29) is 42.3 Å². The van der Waals surface area contributed by atoms with Crippen LogP contribution < -0.4 is 0 Å². The summed E-state index contributed by atoms with van der Waals surface area (Å²) in [5.41, 5.74) is 0. The van der Waals surface area contributed by atoms with Gasteiger partial charge >= 0.3 is 5.97 Å². The van der Waals surface area contributed by atoms with Crippen LogP contribution in [0.5, 0.6) is 0 Å². The molecule has 1 atom stereocenters. The van der Waals surface area contributed by atoms with Gasteiger partial charge in [0.1, 0.15) is 0 Å². The van der Waals surface area contributed by atoms with E-state index in [1.807, 2.05) is 13.8 Å². The number of carbonyl (C=O) groups excluding carboxylic acids is 2. The number of carbonyl (C=O) groups is 2. The van der Waals surface area contributed by atoms with Gasteiger partial charge in [-0.3, -0.25) is 9.59 Å². The van der Waals surface area contributed by atoms with Crippen molar-refractivity contribution >= 4 is 21.7 Å².